The second-order valence-electron chi connectivity index (χ2n) is 12.8. The minimum absolute atomic E-state index is 0.0728. The highest BCUT2D eigenvalue weighted by atomic mass is 16.5. The molecule has 1 heterocycles. The molecule has 0 aromatic heterocycles. The number of methoxy groups -OCH3 is 1. The molecule has 0 aliphatic carbocycles. The molecule has 1 aliphatic heterocycles. The molecule has 0 radical (unpaired) electrons. The van der Waals surface area contributed by atoms with Crippen LogP contribution in [-0.2, 0) is 36.9 Å². The van der Waals surface area contributed by atoms with E-state index in [0.29, 0.717) is 56.9 Å². The van der Waals surface area contributed by atoms with Crippen LogP contribution in [0.1, 0.15) is 57.6 Å². The quantitative estimate of drug-likeness (QED) is 0.228. The van der Waals surface area contributed by atoms with E-state index >= 15 is 0 Å². The van der Waals surface area contributed by atoms with Crippen molar-refractivity contribution in [1.29, 1.82) is 0 Å². The molecular formula is C37H55N5O9. The predicted molar refractivity (Wildman–Crippen MR) is 192 cm³/mol. The molecule has 2 aromatic carbocycles. The van der Waals surface area contributed by atoms with Crippen molar-refractivity contribution < 1.29 is 43.7 Å². The zero-order chi connectivity index (χ0) is 37.8. The molecule has 2 aromatic rings. The van der Waals surface area contributed by atoms with Crippen LogP contribution in [-0.4, -0.2) is 115 Å². The minimum Gasteiger partial charge on any atom is -0.497 e. The standard InChI is InChI=1S/C36H53N5O7.CH2O2/c1-25(2)21-31-35(45)39-32(23-27-12-14-29(47-5)15-13-27)36(46)40(4)26(3)34(44)37-16-8-18-41(17-7-11-33(43)38-31)24-28-9-6-10-30(22-28)48-20-19-42;2-1-3/h6,9-10,12-15,22,25-26,31-32,42H,7-8,11,16-21,23-24H2,1-5H3,(H,37,44)(H,38,43)(H,39,45);1H,(H,2,3)/t26-,31+,32-;/m0./s1. The molecule has 4 amide bonds. The number of nitrogens with zero attached hydrogens (tertiary/aromatic N) is 2. The monoisotopic (exact) mass is 713 g/mol. The van der Waals surface area contributed by atoms with Gasteiger partial charge in [-0.2, -0.15) is 0 Å². The van der Waals surface area contributed by atoms with E-state index in [0.717, 1.165) is 11.1 Å². The summed E-state index contributed by atoms with van der Waals surface area (Å²) in [7, 11) is 3.13. The van der Waals surface area contributed by atoms with Gasteiger partial charge in [0.1, 0.15) is 36.2 Å². The first-order chi connectivity index (χ1) is 24.4. The fourth-order valence-corrected chi connectivity index (χ4v) is 5.60. The minimum atomic E-state index is -0.960. The Hall–Kier alpha value is -4.69. The van der Waals surface area contributed by atoms with Gasteiger partial charge in [0.05, 0.1) is 13.7 Å². The van der Waals surface area contributed by atoms with Crippen molar-refractivity contribution in [3.63, 3.8) is 0 Å². The number of carboxylic acid groups (broad SMARTS) is 1. The molecule has 0 spiro atoms. The van der Waals surface area contributed by atoms with Crippen LogP contribution in [0.3, 0.4) is 0 Å². The number of amides is 4. The van der Waals surface area contributed by atoms with Gasteiger partial charge in [0.25, 0.3) is 6.47 Å². The van der Waals surface area contributed by atoms with Gasteiger partial charge in [-0.25, -0.2) is 0 Å². The Bertz CT molecular complexity index is 1390. The van der Waals surface area contributed by atoms with Crippen molar-refractivity contribution in [3.8, 4) is 11.5 Å². The highest BCUT2D eigenvalue weighted by molar-refractivity contribution is 5.94. The van der Waals surface area contributed by atoms with E-state index in [2.05, 4.69) is 20.9 Å². The lowest BCUT2D eigenvalue weighted by atomic mass is 10.00. The molecule has 1 fully saturated rings. The number of hydrogen-bond acceptors (Lipinski definition) is 9. The zero-order valence-corrected chi connectivity index (χ0v) is 30.4. The average Bonchev–Trinajstić information content (AvgIpc) is 3.11. The number of benzene rings is 2. The van der Waals surface area contributed by atoms with Gasteiger partial charge in [0.2, 0.25) is 23.6 Å². The SMILES string of the molecule is COc1ccc(C[C@@H]2NC(=O)[C@@H](CC(C)C)NC(=O)CCCN(Cc3cccc(OCCO)c3)CCCNC(=O)[C@H](C)N(C)C2=O)cc1.O=CO. The Balaban J connectivity index is 0.00000290. The number of aliphatic hydroxyl groups is 1. The van der Waals surface area contributed by atoms with E-state index in [1.807, 2.05) is 50.2 Å². The number of rotatable bonds is 10. The van der Waals surface area contributed by atoms with Crippen LogP contribution < -0.4 is 25.4 Å². The molecule has 14 heteroatoms. The molecular weight excluding hydrogens is 658 g/mol. The third-order valence-corrected chi connectivity index (χ3v) is 8.37. The smallest absolute Gasteiger partial charge is 0.290 e. The molecule has 51 heavy (non-hydrogen) atoms. The summed E-state index contributed by atoms with van der Waals surface area (Å²) >= 11 is 0. The van der Waals surface area contributed by atoms with E-state index in [9.17, 15) is 19.2 Å². The van der Waals surface area contributed by atoms with Gasteiger partial charge < -0.3 is 40.5 Å². The van der Waals surface area contributed by atoms with Crippen molar-refractivity contribution in [2.75, 3.05) is 47.0 Å². The van der Waals surface area contributed by atoms with Gasteiger partial charge in [-0.1, -0.05) is 38.1 Å². The van der Waals surface area contributed by atoms with Crippen molar-refractivity contribution in [3.05, 3.63) is 59.7 Å². The molecule has 0 unspecified atom stereocenters. The molecule has 282 valence electrons. The molecule has 3 rings (SSSR count). The summed E-state index contributed by atoms with van der Waals surface area (Å²) in [6.07, 6.45) is 2.05. The van der Waals surface area contributed by atoms with Crippen LogP contribution >= 0.6 is 0 Å². The first-order valence-electron chi connectivity index (χ1n) is 17.3. The van der Waals surface area contributed by atoms with Crippen molar-refractivity contribution in [1.82, 2.24) is 25.8 Å². The van der Waals surface area contributed by atoms with Crippen LogP contribution in [0.15, 0.2) is 48.5 Å². The summed E-state index contributed by atoms with van der Waals surface area (Å²) in [5.74, 6) is 0.0760. The maximum absolute atomic E-state index is 13.9. The van der Waals surface area contributed by atoms with E-state index in [1.54, 1.807) is 33.2 Å². The van der Waals surface area contributed by atoms with E-state index in [4.69, 9.17) is 24.5 Å². The van der Waals surface area contributed by atoms with Crippen molar-refractivity contribution >= 4 is 30.1 Å². The second kappa shape index (κ2) is 22.9. The summed E-state index contributed by atoms with van der Waals surface area (Å²) in [6.45, 7) is 7.80. The maximum atomic E-state index is 13.9. The first-order valence-corrected chi connectivity index (χ1v) is 17.3. The Morgan fingerprint density at radius 2 is 1.63 bits per heavy atom. The maximum Gasteiger partial charge on any atom is 0.290 e. The van der Waals surface area contributed by atoms with Crippen LogP contribution in [0.5, 0.6) is 11.5 Å². The zero-order valence-electron chi connectivity index (χ0n) is 30.4. The third kappa shape index (κ3) is 15.4. The second-order valence-corrected chi connectivity index (χ2v) is 12.8. The number of likely N-dealkylation sites (N-methyl/N-ethyl adjacent to an activating group) is 1. The topological polar surface area (TPSA) is 187 Å². The third-order valence-electron chi connectivity index (χ3n) is 8.37. The molecule has 0 saturated carbocycles. The lowest BCUT2D eigenvalue weighted by Crippen LogP contribution is -2.57. The molecule has 3 atom stereocenters. The van der Waals surface area contributed by atoms with E-state index < -0.39 is 29.9 Å². The normalized spacial score (nSPS) is 20.1. The highest BCUT2D eigenvalue weighted by Gasteiger charge is 2.32. The first kappa shape index (κ1) is 42.5. The molecule has 5 N–H and O–H groups in total. The number of aliphatic hydroxyl groups excluding tert-OH is 1. The average molecular weight is 714 g/mol. The van der Waals surface area contributed by atoms with Gasteiger partial charge in [0, 0.05) is 39.5 Å². The van der Waals surface area contributed by atoms with Crippen molar-refractivity contribution in [2.24, 2.45) is 5.92 Å². The highest BCUT2D eigenvalue weighted by Crippen LogP contribution is 2.17. The summed E-state index contributed by atoms with van der Waals surface area (Å²) in [5, 5.41) is 24.8. The van der Waals surface area contributed by atoms with Gasteiger partial charge in [0.15, 0.2) is 0 Å². The summed E-state index contributed by atoms with van der Waals surface area (Å²) < 4.78 is 10.8. The number of hydrogen-bond donors (Lipinski definition) is 5. The van der Waals surface area contributed by atoms with Crippen LogP contribution in [0.25, 0.3) is 0 Å². The van der Waals surface area contributed by atoms with E-state index in [-0.39, 0.29) is 50.3 Å². The summed E-state index contributed by atoms with van der Waals surface area (Å²) in [6, 6.07) is 12.3. The van der Waals surface area contributed by atoms with Gasteiger partial charge in [-0.3, -0.25) is 28.9 Å². The molecule has 14 nitrogen and oxygen atoms in total. The van der Waals surface area contributed by atoms with Crippen LogP contribution in [0.2, 0.25) is 0 Å². The Labute approximate surface area is 300 Å². The molecule has 1 aliphatic rings. The van der Waals surface area contributed by atoms with Gasteiger partial charge >= 0.3 is 0 Å². The van der Waals surface area contributed by atoms with Gasteiger partial charge in [-0.15, -0.1) is 0 Å². The van der Waals surface area contributed by atoms with Crippen LogP contribution in [0, 0.1) is 5.92 Å². The van der Waals surface area contributed by atoms with Crippen LogP contribution in [0.4, 0.5) is 0 Å². The molecule has 1 saturated heterocycles. The summed E-state index contributed by atoms with van der Waals surface area (Å²) in [5.41, 5.74) is 1.83. The number of nitrogens with one attached hydrogen (secondary N) is 3. The fourth-order valence-electron chi connectivity index (χ4n) is 5.60. The number of carbonyl (C=O) groups excluding carboxylic acids is 4. The summed E-state index contributed by atoms with van der Waals surface area (Å²) in [4.78, 5) is 65.8. The lowest BCUT2D eigenvalue weighted by Gasteiger charge is -2.30. The van der Waals surface area contributed by atoms with Gasteiger partial charge in [-0.05, 0) is 74.0 Å². The molecule has 0 bridgehead atoms. The van der Waals surface area contributed by atoms with E-state index in [1.165, 1.54) is 4.90 Å². The Morgan fingerprint density at radius 3 is 2.27 bits per heavy atom. The predicted octanol–water partition coefficient (Wildman–Crippen LogP) is 1.97. The fraction of sp³-hybridized carbons (Fsp3) is 0.541. The number of ether oxygens (including phenoxy) is 2. The lowest BCUT2D eigenvalue weighted by molar-refractivity contribution is -0.141. The Kier molecular flexibility index (Phi) is 19.1. The number of carbonyl (C=O) groups is 5. The Morgan fingerprint density at radius 1 is 0.941 bits per heavy atom. The van der Waals surface area contributed by atoms with Crippen molar-refractivity contribution in [2.45, 2.75) is 77.5 Å². The largest absolute Gasteiger partial charge is 0.497 e.